The lowest BCUT2D eigenvalue weighted by molar-refractivity contribution is 0.0946. The SMILES string of the molecule is COc1cccnc1N1CCc2nc(COc3ccccc3)oc2C1=O. The van der Waals surface area contributed by atoms with Crippen LogP contribution in [0.1, 0.15) is 22.1 Å². The number of hydrogen-bond donors (Lipinski definition) is 0. The number of anilines is 1. The largest absolute Gasteiger partial charge is 0.493 e. The minimum absolute atomic E-state index is 0.164. The number of methoxy groups -OCH3 is 1. The number of hydrogen-bond acceptors (Lipinski definition) is 6. The number of amides is 1. The van der Waals surface area contributed by atoms with Gasteiger partial charge in [-0.05, 0) is 24.3 Å². The topological polar surface area (TPSA) is 77.7 Å². The molecule has 7 heteroatoms. The lowest BCUT2D eigenvalue weighted by Crippen LogP contribution is -2.38. The van der Waals surface area contributed by atoms with Crippen LogP contribution < -0.4 is 14.4 Å². The maximum atomic E-state index is 12.8. The third-order valence-corrected chi connectivity index (χ3v) is 4.09. The molecule has 1 aromatic carbocycles. The van der Waals surface area contributed by atoms with Crippen LogP contribution in [0.2, 0.25) is 0 Å². The average Bonchev–Trinajstić information content (AvgIpc) is 3.12. The van der Waals surface area contributed by atoms with Crippen LogP contribution >= 0.6 is 0 Å². The normalized spacial score (nSPS) is 13.4. The van der Waals surface area contributed by atoms with Crippen molar-refractivity contribution in [1.29, 1.82) is 0 Å². The zero-order chi connectivity index (χ0) is 17.9. The molecule has 0 unspecified atom stereocenters. The molecule has 1 amide bonds. The summed E-state index contributed by atoms with van der Waals surface area (Å²) in [6.07, 6.45) is 2.20. The van der Waals surface area contributed by atoms with Crippen molar-refractivity contribution in [2.24, 2.45) is 0 Å². The van der Waals surface area contributed by atoms with Crippen LogP contribution in [0, 0.1) is 0 Å². The molecule has 26 heavy (non-hydrogen) atoms. The Bertz CT molecular complexity index is 924. The fourth-order valence-corrected chi connectivity index (χ4v) is 2.85. The fourth-order valence-electron chi connectivity index (χ4n) is 2.85. The number of ether oxygens (including phenoxy) is 2. The van der Waals surface area contributed by atoms with E-state index in [1.165, 1.54) is 0 Å². The highest BCUT2D eigenvalue weighted by molar-refractivity contribution is 6.06. The van der Waals surface area contributed by atoms with Gasteiger partial charge in [0, 0.05) is 19.2 Å². The Labute approximate surface area is 150 Å². The number of oxazole rings is 1. The van der Waals surface area contributed by atoms with Gasteiger partial charge in [-0.25, -0.2) is 9.97 Å². The van der Waals surface area contributed by atoms with E-state index in [0.717, 1.165) is 5.75 Å². The Balaban J connectivity index is 1.54. The van der Waals surface area contributed by atoms with Gasteiger partial charge in [-0.15, -0.1) is 0 Å². The number of benzene rings is 1. The lowest BCUT2D eigenvalue weighted by atomic mass is 10.1. The molecule has 0 saturated carbocycles. The van der Waals surface area contributed by atoms with Crippen LogP contribution in [0.5, 0.6) is 11.5 Å². The maximum Gasteiger partial charge on any atom is 0.297 e. The molecular weight excluding hydrogens is 334 g/mol. The van der Waals surface area contributed by atoms with E-state index < -0.39 is 0 Å². The number of pyridine rings is 1. The number of para-hydroxylation sites is 1. The number of nitrogens with zero attached hydrogens (tertiary/aromatic N) is 3. The molecule has 0 bridgehead atoms. The van der Waals surface area contributed by atoms with Gasteiger partial charge < -0.3 is 13.9 Å². The molecule has 0 saturated heterocycles. The smallest absolute Gasteiger partial charge is 0.297 e. The highest BCUT2D eigenvalue weighted by Gasteiger charge is 2.33. The van der Waals surface area contributed by atoms with Gasteiger partial charge in [0.2, 0.25) is 11.7 Å². The van der Waals surface area contributed by atoms with Gasteiger partial charge in [0.05, 0.1) is 12.8 Å². The third kappa shape index (κ3) is 2.99. The van der Waals surface area contributed by atoms with Crippen LogP contribution in [-0.4, -0.2) is 29.5 Å². The summed E-state index contributed by atoms with van der Waals surface area (Å²) in [7, 11) is 1.55. The molecule has 1 aliphatic heterocycles. The number of aromatic nitrogens is 2. The molecule has 0 radical (unpaired) electrons. The summed E-state index contributed by atoms with van der Waals surface area (Å²) in [6, 6.07) is 12.9. The third-order valence-electron chi connectivity index (χ3n) is 4.09. The number of carbonyl (C=O) groups excluding carboxylic acids is 1. The van der Waals surface area contributed by atoms with Crippen molar-refractivity contribution >= 4 is 11.7 Å². The summed E-state index contributed by atoms with van der Waals surface area (Å²) in [5.41, 5.74) is 0.646. The van der Waals surface area contributed by atoms with Crippen LogP contribution in [0.4, 0.5) is 5.82 Å². The van der Waals surface area contributed by atoms with E-state index in [4.69, 9.17) is 13.9 Å². The van der Waals surface area contributed by atoms with Gasteiger partial charge >= 0.3 is 0 Å². The van der Waals surface area contributed by atoms with E-state index in [9.17, 15) is 4.79 Å². The quantitative estimate of drug-likeness (QED) is 0.703. The fraction of sp³-hybridized carbons (Fsp3) is 0.211. The monoisotopic (exact) mass is 351 g/mol. The first-order valence-electron chi connectivity index (χ1n) is 8.23. The molecule has 0 aliphatic carbocycles. The molecule has 1 aliphatic rings. The van der Waals surface area contributed by atoms with E-state index >= 15 is 0 Å². The van der Waals surface area contributed by atoms with Crippen molar-refractivity contribution in [3.05, 3.63) is 66.0 Å². The minimum atomic E-state index is -0.276. The second-order valence-corrected chi connectivity index (χ2v) is 5.72. The Morgan fingerprint density at radius 2 is 2.04 bits per heavy atom. The van der Waals surface area contributed by atoms with Crippen molar-refractivity contribution in [3.63, 3.8) is 0 Å². The van der Waals surface area contributed by atoms with Crippen LogP contribution in [-0.2, 0) is 13.0 Å². The standard InChI is InChI=1S/C19H17N3O4/c1-24-15-8-5-10-20-18(15)22-11-9-14-17(19(22)23)26-16(21-14)12-25-13-6-3-2-4-7-13/h2-8,10H,9,11-12H2,1H3. The molecular formula is C19H17N3O4. The summed E-state index contributed by atoms with van der Waals surface area (Å²) >= 11 is 0. The van der Waals surface area contributed by atoms with Crippen LogP contribution in [0.25, 0.3) is 0 Å². The summed E-state index contributed by atoms with van der Waals surface area (Å²) in [5.74, 6) is 2.06. The Morgan fingerprint density at radius 1 is 1.19 bits per heavy atom. The van der Waals surface area contributed by atoms with Crippen LogP contribution in [0.15, 0.2) is 53.1 Å². The van der Waals surface area contributed by atoms with E-state index in [1.54, 1.807) is 30.3 Å². The average molecular weight is 351 g/mol. The first-order valence-corrected chi connectivity index (χ1v) is 8.23. The predicted octanol–water partition coefficient (Wildman–Crippen LogP) is 2.86. The molecule has 0 fully saturated rings. The number of rotatable bonds is 5. The summed E-state index contributed by atoms with van der Waals surface area (Å²) in [5, 5.41) is 0. The molecule has 3 aromatic rings. The van der Waals surface area contributed by atoms with Crippen molar-refractivity contribution in [3.8, 4) is 11.5 Å². The van der Waals surface area contributed by atoms with Gasteiger partial charge in [0.15, 0.2) is 18.2 Å². The van der Waals surface area contributed by atoms with Crippen molar-refractivity contribution in [2.75, 3.05) is 18.6 Å². The molecule has 0 atom stereocenters. The molecule has 2 aromatic heterocycles. The first kappa shape index (κ1) is 16.1. The van der Waals surface area contributed by atoms with E-state index in [-0.39, 0.29) is 18.3 Å². The molecule has 132 valence electrons. The summed E-state index contributed by atoms with van der Waals surface area (Å²) in [6.45, 7) is 0.627. The highest BCUT2D eigenvalue weighted by Crippen LogP contribution is 2.30. The van der Waals surface area contributed by atoms with E-state index in [1.807, 2.05) is 30.3 Å². The highest BCUT2D eigenvalue weighted by atomic mass is 16.5. The molecule has 3 heterocycles. The Morgan fingerprint density at radius 3 is 2.85 bits per heavy atom. The van der Waals surface area contributed by atoms with Gasteiger partial charge in [0.25, 0.3) is 5.91 Å². The van der Waals surface area contributed by atoms with Crippen LogP contribution in [0.3, 0.4) is 0 Å². The molecule has 4 rings (SSSR count). The second kappa shape index (κ2) is 6.87. The van der Waals surface area contributed by atoms with Crippen molar-refractivity contribution in [1.82, 2.24) is 9.97 Å². The van der Waals surface area contributed by atoms with Gasteiger partial charge in [-0.2, -0.15) is 0 Å². The van der Waals surface area contributed by atoms with Crippen molar-refractivity contribution < 1.29 is 18.7 Å². The lowest BCUT2D eigenvalue weighted by Gasteiger charge is -2.25. The minimum Gasteiger partial charge on any atom is -0.493 e. The molecule has 7 nitrogen and oxygen atoms in total. The second-order valence-electron chi connectivity index (χ2n) is 5.72. The predicted molar refractivity (Wildman–Crippen MR) is 93.4 cm³/mol. The summed E-state index contributed by atoms with van der Waals surface area (Å²) in [4.78, 5) is 23.0. The zero-order valence-corrected chi connectivity index (χ0v) is 14.2. The van der Waals surface area contributed by atoms with Gasteiger partial charge in [-0.1, -0.05) is 18.2 Å². The van der Waals surface area contributed by atoms with Crippen molar-refractivity contribution in [2.45, 2.75) is 13.0 Å². The molecule has 0 spiro atoms. The molecule has 0 N–H and O–H groups in total. The number of carbonyl (C=O) groups is 1. The Hall–Kier alpha value is -3.35. The van der Waals surface area contributed by atoms with E-state index in [0.29, 0.717) is 36.1 Å². The first-order chi connectivity index (χ1) is 12.8. The maximum absolute atomic E-state index is 12.8. The number of fused-ring (bicyclic) bond motifs is 1. The zero-order valence-electron chi connectivity index (χ0n) is 14.2. The summed E-state index contributed by atoms with van der Waals surface area (Å²) < 4.78 is 16.6. The Kier molecular flexibility index (Phi) is 4.27. The van der Waals surface area contributed by atoms with Gasteiger partial charge in [-0.3, -0.25) is 9.69 Å². The van der Waals surface area contributed by atoms with E-state index in [2.05, 4.69) is 9.97 Å². The van der Waals surface area contributed by atoms with Gasteiger partial charge in [0.1, 0.15) is 5.75 Å².